The number of carbonyl (C=O) groups excluding carboxylic acids is 1. The summed E-state index contributed by atoms with van der Waals surface area (Å²) in [5, 5.41) is 13.3. The highest BCUT2D eigenvalue weighted by Crippen LogP contribution is 2.22. The first-order chi connectivity index (χ1) is 9.39. The van der Waals surface area contributed by atoms with E-state index in [1.54, 1.807) is 11.1 Å². The minimum Gasteiger partial charge on any atom is -0.449 e. The molecule has 1 saturated heterocycles. The third-order valence-electron chi connectivity index (χ3n) is 3.33. The summed E-state index contributed by atoms with van der Waals surface area (Å²) >= 11 is 0. The largest absolute Gasteiger partial charge is 0.449 e. The average molecular weight is 279 g/mol. The zero-order valence-corrected chi connectivity index (χ0v) is 12.4. The molecule has 2 rings (SSSR count). The maximum absolute atomic E-state index is 12.0. The molecule has 0 bridgehead atoms. The molecule has 1 fully saturated rings. The van der Waals surface area contributed by atoms with E-state index >= 15 is 0 Å². The van der Waals surface area contributed by atoms with Crippen molar-refractivity contribution in [1.29, 1.82) is 0 Å². The van der Waals surface area contributed by atoms with E-state index < -0.39 is 5.60 Å². The zero-order valence-electron chi connectivity index (χ0n) is 12.4. The van der Waals surface area contributed by atoms with E-state index in [1.165, 1.54) is 0 Å². The fraction of sp³-hybridized carbons (Fsp3) is 0.692. The number of carbonyl (C=O) groups is 1. The molecule has 1 N–H and O–H groups in total. The Balaban J connectivity index is 1.87. The molecule has 0 unspecified atom stereocenters. The van der Waals surface area contributed by atoms with Crippen LogP contribution in [0.2, 0.25) is 0 Å². The Kier molecular flexibility index (Phi) is 4.37. The van der Waals surface area contributed by atoms with Crippen LogP contribution in [0.15, 0.2) is 12.4 Å². The fourth-order valence-corrected chi connectivity index (χ4v) is 2.30. The van der Waals surface area contributed by atoms with E-state index in [0.717, 1.165) is 18.3 Å². The van der Waals surface area contributed by atoms with E-state index in [1.807, 2.05) is 31.6 Å². The summed E-state index contributed by atoms with van der Waals surface area (Å²) in [5.41, 5.74) is 0.367. The molecule has 2 heterocycles. The SMILES string of the molecule is CC(C)(C)OC(=O)N1CCC(n2cc(BO)cn2)CC1. The molecular formula is C13H22BN3O3. The van der Waals surface area contributed by atoms with Gasteiger partial charge in [0.2, 0.25) is 0 Å². The highest BCUT2D eigenvalue weighted by atomic mass is 16.6. The second kappa shape index (κ2) is 5.87. The molecule has 0 aromatic carbocycles. The summed E-state index contributed by atoms with van der Waals surface area (Å²) in [5.74, 6) is 0. The van der Waals surface area contributed by atoms with Crippen molar-refractivity contribution in [3.05, 3.63) is 12.4 Å². The van der Waals surface area contributed by atoms with Crippen molar-refractivity contribution in [2.24, 2.45) is 0 Å². The molecule has 1 aliphatic rings. The predicted molar refractivity (Wildman–Crippen MR) is 77.3 cm³/mol. The maximum Gasteiger partial charge on any atom is 0.410 e. The molecule has 0 spiro atoms. The molecule has 1 aliphatic heterocycles. The van der Waals surface area contributed by atoms with Crippen molar-refractivity contribution in [1.82, 2.24) is 14.7 Å². The second-order valence-electron chi connectivity index (χ2n) is 6.19. The number of ether oxygens (including phenoxy) is 1. The number of nitrogens with zero attached hydrogens (tertiary/aromatic N) is 3. The van der Waals surface area contributed by atoms with Crippen molar-refractivity contribution < 1.29 is 14.6 Å². The van der Waals surface area contributed by atoms with E-state index in [4.69, 9.17) is 9.76 Å². The maximum atomic E-state index is 12.0. The molecule has 1 aromatic rings. The number of piperidine rings is 1. The van der Waals surface area contributed by atoms with Gasteiger partial charge in [-0.25, -0.2) is 4.79 Å². The van der Waals surface area contributed by atoms with Crippen LogP contribution >= 0.6 is 0 Å². The van der Waals surface area contributed by atoms with Gasteiger partial charge in [-0.3, -0.25) is 4.68 Å². The summed E-state index contributed by atoms with van der Waals surface area (Å²) in [6.07, 6.45) is 5.01. The standard InChI is InChI=1S/C13H22BN3O3/c1-13(2,3)20-12(18)16-6-4-11(5-7-16)17-9-10(14-19)8-15-17/h8-9,11,14,19H,4-7H2,1-3H3. The van der Waals surface area contributed by atoms with Crippen LogP contribution in [0.25, 0.3) is 0 Å². The normalized spacial score (nSPS) is 17.1. The van der Waals surface area contributed by atoms with Crippen LogP contribution in [0.1, 0.15) is 39.7 Å². The summed E-state index contributed by atoms with van der Waals surface area (Å²) in [6.45, 7) is 6.97. The van der Waals surface area contributed by atoms with Gasteiger partial charge in [-0.15, -0.1) is 0 Å². The average Bonchev–Trinajstić information content (AvgIpc) is 2.85. The lowest BCUT2D eigenvalue weighted by atomic mass is 9.93. The molecule has 0 saturated carbocycles. The molecule has 0 radical (unpaired) electrons. The summed E-state index contributed by atoms with van der Waals surface area (Å²) in [7, 11) is 0.0107. The van der Waals surface area contributed by atoms with Crippen LogP contribution in [0.4, 0.5) is 4.79 Å². The van der Waals surface area contributed by atoms with Crippen LogP contribution in [0, 0.1) is 0 Å². The highest BCUT2D eigenvalue weighted by Gasteiger charge is 2.27. The van der Waals surface area contributed by atoms with Gasteiger partial charge in [0.25, 0.3) is 0 Å². The molecular weight excluding hydrogens is 257 g/mol. The van der Waals surface area contributed by atoms with Crippen LogP contribution in [-0.2, 0) is 4.74 Å². The summed E-state index contributed by atoms with van der Waals surface area (Å²) < 4.78 is 7.26. The van der Waals surface area contributed by atoms with Crippen molar-refractivity contribution in [3.63, 3.8) is 0 Å². The topological polar surface area (TPSA) is 67.6 Å². The summed E-state index contributed by atoms with van der Waals surface area (Å²) in [4.78, 5) is 13.7. The Labute approximate surface area is 120 Å². The van der Waals surface area contributed by atoms with Gasteiger partial charge in [0.1, 0.15) is 5.60 Å². The van der Waals surface area contributed by atoms with Gasteiger partial charge < -0.3 is 14.7 Å². The van der Waals surface area contributed by atoms with Crippen LogP contribution < -0.4 is 5.46 Å². The number of hydrogen-bond donors (Lipinski definition) is 1. The van der Waals surface area contributed by atoms with Gasteiger partial charge in [-0.1, -0.05) is 0 Å². The lowest BCUT2D eigenvalue weighted by Gasteiger charge is -2.33. The Morgan fingerprint density at radius 2 is 2.10 bits per heavy atom. The number of aromatic nitrogens is 2. The fourth-order valence-electron chi connectivity index (χ4n) is 2.30. The molecule has 6 nitrogen and oxygen atoms in total. The Bertz CT molecular complexity index is 462. The molecule has 1 amide bonds. The van der Waals surface area contributed by atoms with Gasteiger partial charge in [-0.05, 0) is 39.1 Å². The Hall–Kier alpha value is -1.50. The lowest BCUT2D eigenvalue weighted by Crippen LogP contribution is -2.42. The van der Waals surface area contributed by atoms with Gasteiger partial charge in [-0.2, -0.15) is 5.10 Å². The minimum atomic E-state index is -0.452. The highest BCUT2D eigenvalue weighted by molar-refractivity contribution is 6.45. The Morgan fingerprint density at radius 1 is 1.45 bits per heavy atom. The first-order valence-corrected chi connectivity index (χ1v) is 7.01. The lowest BCUT2D eigenvalue weighted by molar-refractivity contribution is 0.0185. The Morgan fingerprint density at radius 3 is 2.60 bits per heavy atom. The van der Waals surface area contributed by atoms with Crippen LogP contribution in [-0.4, -0.2) is 52.0 Å². The van der Waals surface area contributed by atoms with E-state index in [9.17, 15) is 4.79 Å². The molecule has 110 valence electrons. The summed E-state index contributed by atoms with van der Waals surface area (Å²) in [6, 6.07) is 0.286. The molecule has 20 heavy (non-hydrogen) atoms. The molecule has 0 atom stereocenters. The van der Waals surface area contributed by atoms with E-state index in [2.05, 4.69) is 5.10 Å². The van der Waals surface area contributed by atoms with Crippen LogP contribution in [0.3, 0.4) is 0 Å². The van der Waals surface area contributed by atoms with E-state index in [-0.39, 0.29) is 19.6 Å². The first-order valence-electron chi connectivity index (χ1n) is 7.01. The van der Waals surface area contributed by atoms with Gasteiger partial charge in [0.05, 0.1) is 6.04 Å². The zero-order chi connectivity index (χ0) is 14.8. The number of rotatable bonds is 2. The third kappa shape index (κ3) is 3.76. The number of hydrogen-bond acceptors (Lipinski definition) is 4. The van der Waals surface area contributed by atoms with Crippen molar-refractivity contribution in [2.75, 3.05) is 13.1 Å². The van der Waals surface area contributed by atoms with E-state index in [0.29, 0.717) is 13.1 Å². The molecule has 1 aromatic heterocycles. The number of amides is 1. The quantitative estimate of drug-likeness (QED) is 0.797. The van der Waals surface area contributed by atoms with Gasteiger partial charge >= 0.3 is 13.6 Å². The van der Waals surface area contributed by atoms with Gasteiger partial charge in [0, 0.05) is 25.5 Å². The van der Waals surface area contributed by atoms with Crippen molar-refractivity contribution in [2.45, 2.75) is 45.3 Å². The van der Waals surface area contributed by atoms with Gasteiger partial charge in [0.15, 0.2) is 0 Å². The minimum absolute atomic E-state index is 0.0107. The number of likely N-dealkylation sites (tertiary alicyclic amines) is 1. The molecule has 0 aliphatic carbocycles. The van der Waals surface area contributed by atoms with Crippen LogP contribution in [0.5, 0.6) is 0 Å². The first kappa shape index (κ1) is 14.9. The second-order valence-corrected chi connectivity index (χ2v) is 6.19. The monoisotopic (exact) mass is 279 g/mol. The smallest absolute Gasteiger partial charge is 0.410 e. The predicted octanol–water partition coefficient (Wildman–Crippen LogP) is 0.424. The van der Waals surface area contributed by atoms with Crippen molar-refractivity contribution >= 4 is 19.0 Å². The molecule has 7 heteroatoms. The third-order valence-corrected chi connectivity index (χ3v) is 3.33. The van der Waals surface area contributed by atoms with Crippen molar-refractivity contribution in [3.8, 4) is 0 Å².